The minimum absolute atomic E-state index is 0.138. The van der Waals surface area contributed by atoms with Crippen LogP contribution < -0.4 is 10.6 Å². The molecule has 1 aromatic heterocycles. The molecule has 0 saturated carbocycles. The maximum atomic E-state index is 12.6. The normalized spacial score (nSPS) is 16.2. The first-order valence-electron chi connectivity index (χ1n) is 9.68. The van der Waals surface area contributed by atoms with E-state index in [1.807, 2.05) is 42.6 Å². The molecule has 1 aliphatic heterocycles. The molecule has 4 N–H and O–H groups in total. The number of fused-ring (bicyclic) bond motifs is 1. The van der Waals surface area contributed by atoms with Gasteiger partial charge in [-0.2, -0.15) is 0 Å². The van der Waals surface area contributed by atoms with E-state index in [0.717, 1.165) is 5.52 Å². The van der Waals surface area contributed by atoms with Gasteiger partial charge in [0.25, 0.3) is 5.91 Å². The molecular formula is C22H25N4O2+. The number of para-hydroxylation sites is 1. The Balaban J connectivity index is 1.57. The van der Waals surface area contributed by atoms with Crippen molar-refractivity contribution in [3.8, 4) is 0 Å². The summed E-state index contributed by atoms with van der Waals surface area (Å²) >= 11 is 0. The minimum atomic E-state index is -0.319. The number of carbonyl (C=O) groups excluding carboxylic acids is 2. The van der Waals surface area contributed by atoms with Crippen LogP contribution in [0.1, 0.15) is 24.0 Å². The lowest BCUT2D eigenvalue weighted by Crippen LogP contribution is -2.92. The lowest BCUT2D eigenvalue weighted by Gasteiger charge is -2.20. The molecule has 6 heteroatoms. The smallest absolute Gasteiger partial charge is 0.324 e. The summed E-state index contributed by atoms with van der Waals surface area (Å²) in [5, 5.41) is 5.92. The number of aromatic nitrogens is 1. The zero-order valence-corrected chi connectivity index (χ0v) is 15.9. The summed E-state index contributed by atoms with van der Waals surface area (Å²) in [6.45, 7) is 3.55. The van der Waals surface area contributed by atoms with Gasteiger partial charge < -0.3 is 15.6 Å². The second kappa shape index (κ2) is 7.86. The van der Waals surface area contributed by atoms with Gasteiger partial charge in [0.1, 0.15) is 0 Å². The molecule has 0 radical (unpaired) electrons. The Morgan fingerprint density at radius 2 is 1.89 bits per heavy atom. The van der Waals surface area contributed by atoms with E-state index in [0.29, 0.717) is 19.6 Å². The predicted octanol–water partition coefficient (Wildman–Crippen LogP) is 1.80. The summed E-state index contributed by atoms with van der Waals surface area (Å²) in [5.74, 6) is 0.000688. The molecule has 3 aromatic rings. The molecule has 0 spiro atoms. The van der Waals surface area contributed by atoms with Gasteiger partial charge in [0.15, 0.2) is 6.04 Å². The molecule has 0 bridgehead atoms. The Morgan fingerprint density at radius 1 is 1.14 bits per heavy atom. The number of nitrogens with one attached hydrogen (secondary N) is 2. The number of imide groups is 1. The molecule has 2 atom stereocenters. The fourth-order valence-electron chi connectivity index (χ4n) is 3.88. The van der Waals surface area contributed by atoms with E-state index >= 15 is 0 Å². The van der Waals surface area contributed by atoms with E-state index in [2.05, 4.69) is 40.8 Å². The third-order valence-corrected chi connectivity index (χ3v) is 5.44. The van der Waals surface area contributed by atoms with Crippen LogP contribution in [0.25, 0.3) is 10.9 Å². The van der Waals surface area contributed by atoms with E-state index in [-0.39, 0.29) is 23.9 Å². The molecule has 1 saturated heterocycles. The van der Waals surface area contributed by atoms with Gasteiger partial charge >= 0.3 is 6.03 Å². The molecule has 28 heavy (non-hydrogen) atoms. The Bertz CT molecular complexity index is 982. The van der Waals surface area contributed by atoms with Crippen molar-refractivity contribution in [2.45, 2.75) is 18.9 Å². The van der Waals surface area contributed by atoms with E-state index in [4.69, 9.17) is 0 Å². The average molecular weight is 377 g/mol. The van der Waals surface area contributed by atoms with Crippen LogP contribution >= 0.6 is 0 Å². The summed E-state index contributed by atoms with van der Waals surface area (Å²) in [7, 11) is 0. The average Bonchev–Trinajstić information content (AvgIpc) is 3.35. The first kappa shape index (κ1) is 18.3. The van der Waals surface area contributed by atoms with Crippen molar-refractivity contribution >= 4 is 22.8 Å². The van der Waals surface area contributed by atoms with Crippen molar-refractivity contribution in [1.29, 1.82) is 0 Å². The van der Waals surface area contributed by atoms with Crippen LogP contribution in [0, 0.1) is 0 Å². The van der Waals surface area contributed by atoms with Crippen LogP contribution in [-0.2, 0) is 4.79 Å². The van der Waals surface area contributed by atoms with Crippen LogP contribution in [0.3, 0.4) is 0 Å². The summed E-state index contributed by atoms with van der Waals surface area (Å²) in [6, 6.07) is 18.0. The molecule has 2 aromatic carbocycles. The van der Waals surface area contributed by atoms with Crippen molar-refractivity contribution in [2.75, 3.05) is 19.6 Å². The standard InChI is InChI=1S/C22H24N4O2/c1-15(21(27)26-12-11-23-22(26)28)24-13-18(16-7-3-2-4-8-16)19-14-25-20-10-6-5-9-17(19)20/h2-10,14-15,18,24-25H,11-13H2,1H3,(H,23,28)/p+1/t15-,18-/m0/s1. The number of quaternary nitrogens is 1. The van der Waals surface area contributed by atoms with Gasteiger partial charge in [-0.3, -0.25) is 9.69 Å². The number of benzene rings is 2. The fourth-order valence-corrected chi connectivity index (χ4v) is 3.88. The Labute approximate surface area is 163 Å². The molecule has 6 nitrogen and oxygen atoms in total. The summed E-state index contributed by atoms with van der Waals surface area (Å²) in [5.41, 5.74) is 3.54. The third-order valence-electron chi connectivity index (χ3n) is 5.44. The van der Waals surface area contributed by atoms with Crippen LogP contribution in [0.15, 0.2) is 60.8 Å². The SMILES string of the molecule is C[C@H]([NH2+]C[C@@H](c1ccccc1)c1c[nH]c2ccccc12)C(=O)N1CCNC1=O. The fraction of sp³-hybridized carbons (Fsp3) is 0.273. The summed E-state index contributed by atoms with van der Waals surface area (Å²) in [6.07, 6.45) is 2.07. The second-order valence-corrected chi connectivity index (χ2v) is 7.23. The highest BCUT2D eigenvalue weighted by Crippen LogP contribution is 2.29. The number of aromatic amines is 1. The number of urea groups is 1. The molecular weight excluding hydrogens is 352 g/mol. The first-order valence-corrected chi connectivity index (χ1v) is 9.68. The maximum Gasteiger partial charge on any atom is 0.324 e. The quantitative estimate of drug-likeness (QED) is 0.612. The summed E-state index contributed by atoms with van der Waals surface area (Å²) in [4.78, 5) is 29.1. The molecule has 1 aliphatic rings. The van der Waals surface area contributed by atoms with Crippen molar-refractivity contribution in [3.05, 3.63) is 71.9 Å². The van der Waals surface area contributed by atoms with Gasteiger partial charge in [-0.05, 0) is 24.1 Å². The van der Waals surface area contributed by atoms with Crippen molar-refractivity contribution in [1.82, 2.24) is 15.2 Å². The van der Waals surface area contributed by atoms with Crippen molar-refractivity contribution in [3.63, 3.8) is 0 Å². The Morgan fingerprint density at radius 3 is 2.64 bits per heavy atom. The van der Waals surface area contributed by atoms with Crippen molar-refractivity contribution < 1.29 is 14.9 Å². The van der Waals surface area contributed by atoms with Crippen LogP contribution in [0.2, 0.25) is 0 Å². The van der Waals surface area contributed by atoms with E-state index in [1.54, 1.807) is 0 Å². The van der Waals surface area contributed by atoms with Crippen molar-refractivity contribution in [2.24, 2.45) is 0 Å². The topological polar surface area (TPSA) is 81.8 Å². The number of hydrogen-bond donors (Lipinski definition) is 3. The lowest BCUT2D eigenvalue weighted by atomic mass is 9.90. The second-order valence-electron chi connectivity index (χ2n) is 7.23. The first-order chi connectivity index (χ1) is 13.6. The van der Waals surface area contributed by atoms with E-state index < -0.39 is 0 Å². The number of H-pyrrole nitrogens is 1. The number of rotatable bonds is 6. The van der Waals surface area contributed by atoms with E-state index in [1.165, 1.54) is 21.4 Å². The zero-order chi connectivity index (χ0) is 19.5. The monoisotopic (exact) mass is 377 g/mol. The molecule has 4 rings (SSSR count). The number of carbonyl (C=O) groups is 2. The number of nitrogens with zero attached hydrogens (tertiary/aromatic N) is 1. The minimum Gasteiger partial charge on any atom is -0.361 e. The van der Waals surface area contributed by atoms with Gasteiger partial charge in [-0.15, -0.1) is 0 Å². The van der Waals surface area contributed by atoms with Gasteiger partial charge in [0.2, 0.25) is 0 Å². The van der Waals surface area contributed by atoms with Crippen LogP contribution in [0.4, 0.5) is 4.79 Å². The highest BCUT2D eigenvalue weighted by atomic mass is 16.2. The van der Waals surface area contributed by atoms with E-state index in [9.17, 15) is 9.59 Å². The molecule has 2 heterocycles. The Hall–Kier alpha value is -3.12. The number of nitrogens with two attached hydrogens (primary N) is 1. The van der Waals surface area contributed by atoms with Gasteiger partial charge in [-0.1, -0.05) is 48.5 Å². The molecule has 0 unspecified atom stereocenters. The third kappa shape index (κ3) is 3.51. The zero-order valence-electron chi connectivity index (χ0n) is 15.9. The number of amides is 3. The van der Waals surface area contributed by atoms with Crippen LogP contribution in [-0.4, -0.2) is 47.5 Å². The lowest BCUT2D eigenvalue weighted by molar-refractivity contribution is -0.675. The molecule has 1 fully saturated rings. The number of hydrogen-bond acceptors (Lipinski definition) is 2. The predicted molar refractivity (Wildman–Crippen MR) is 108 cm³/mol. The largest absolute Gasteiger partial charge is 0.361 e. The van der Waals surface area contributed by atoms with Gasteiger partial charge in [-0.25, -0.2) is 4.79 Å². The summed E-state index contributed by atoms with van der Waals surface area (Å²) < 4.78 is 0. The maximum absolute atomic E-state index is 12.6. The molecule has 0 aliphatic carbocycles. The Kier molecular flexibility index (Phi) is 5.12. The van der Waals surface area contributed by atoms with Crippen LogP contribution in [0.5, 0.6) is 0 Å². The van der Waals surface area contributed by atoms with Gasteiger partial charge in [0.05, 0.1) is 12.5 Å². The van der Waals surface area contributed by atoms with Gasteiger partial charge in [0, 0.05) is 30.2 Å². The highest BCUT2D eigenvalue weighted by molar-refractivity contribution is 5.97. The highest BCUT2D eigenvalue weighted by Gasteiger charge is 2.32. The molecule has 144 valence electrons. The molecule has 3 amide bonds.